The Morgan fingerprint density at radius 2 is 2.07 bits per heavy atom. The van der Waals surface area contributed by atoms with Crippen LogP contribution in [-0.2, 0) is 0 Å². The van der Waals surface area contributed by atoms with Crippen molar-refractivity contribution in [2.24, 2.45) is 5.92 Å². The van der Waals surface area contributed by atoms with Gasteiger partial charge in [-0.2, -0.15) is 0 Å². The summed E-state index contributed by atoms with van der Waals surface area (Å²) in [5.41, 5.74) is 1.31. The van der Waals surface area contributed by atoms with Gasteiger partial charge in [0.1, 0.15) is 0 Å². The molecule has 0 aliphatic heterocycles. The highest BCUT2D eigenvalue weighted by Crippen LogP contribution is 2.31. The zero-order valence-corrected chi connectivity index (χ0v) is 10.3. The molecule has 0 spiro atoms. The van der Waals surface area contributed by atoms with Gasteiger partial charge in [-0.25, -0.2) is 0 Å². The summed E-state index contributed by atoms with van der Waals surface area (Å²) in [5.74, 6) is 0.893. The first-order valence-corrected chi connectivity index (χ1v) is 6.91. The number of thioether (sulfide) groups is 1. The summed E-state index contributed by atoms with van der Waals surface area (Å²) in [6.07, 6.45) is 6.16. The average molecular weight is 221 g/mol. The zero-order valence-electron chi connectivity index (χ0n) is 9.49. The summed E-state index contributed by atoms with van der Waals surface area (Å²) in [6, 6.07) is 9.28. The van der Waals surface area contributed by atoms with E-state index in [1.165, 1.54) is 29.8 Å². The van der Waals surface area contributed by atoms with E-state index in [9.17, 15) is 0 Å². The number of hydrogen-bond acceptors (Lipinski definition) is 2. The van der Waals surface area contributed by atoms with Crippen LogP contribution < -0.4 is 5.32 Å². The average Bonchev–Trinajstić information content (AvgIpc) is 2.65. The molecule has 0 saturated heterocycles. The van der Waals surface area contributed by atoms with Crippen LogP contribution in [0.2, 0.25) is 0 Å². The molecule has 2 atom stereocenters. The van der Waals surface area contributed by atoms with E-state index in [0.29, 0.717) is 6.04 Å². The first-order chi connectivity index (χ1) is 7.29. The van der Waals surface area contributed by atoms with Crippen LogP contribution in [0, 0.1) is 5.92 Å². The van der Waals surface area contributed by atoms with Crippen LogP contribution in [0.25, 0.3) is 0 Å². The summed E-state index contributed by atoms with van der Waals surface area (Å²) in [4.78, 5) is 1.36. The van der Waals surface area contributed by atoms with Crippen molar-refractivity contribution >= 4 is 17.4 Å². The van der Waals surface area contributed by atoms with Crippen LogP contribution in [0.4, 0.5) is 5.69 Å². The lowest BCUT2D eigenvalue weighted by molar-refractivity contribution is 0.602. The van der Waals surface area contributed by atoms with Crippen LogP contribution >= 0.6 is 11.8 Å². The molecule has 1 fully saturated rings. The van der Waals surface area contributed by atoms with E-state index in [4.69, 9.17) is 0 Å². The molecule has 0 amide bonds. The van der Waals surface area contributed by atoms with Crippen molar-refractivity contribution < 1.29 is 0 Å². The molecular weight excluding hydrogens is 202 g/mol. The fraction of sp³-hybridized carbons (Fsp3) is 0.538. The van der Waals surface area contributed by atoms with Crippen LogP contribution in [0.15, 0.2) is 29.2 Å². The largest absolute Gasteiger partial charge is 0.381 e. The minimum Gasteiger partial charge on any atom is -0.381 e. The fourth-order valence-corrected chi connectivity index (χ4v) is 2.88. The number of rotatable bonds is 3. The van der Waals surface area contributed by atoms with Gasteiger partial charge in [-0.15, -0.1) is 11.8 Å². The Hall–Kier alpha value is -0.630. The SMILES string of the molecule is CSc1ccccc1N[C@@H]1CC[C@@H](C)C1. The number of nitrogens with one attached hydrogen (secondary N) is 1. The summed E-state index contributed by atoms with van der Waals surface area (Å²) in [6.45, 7) is 2.35. The lowest BCUT2D eigenvalue weighted by Crippen LogP contribution is -2.15. The number of para-hydroxylation sites is 1. The molecule has 0 heterocycles. The Labute approximate surface area is 96.7 Å². The van der Waals surface area contributed by atoms with E-state index in [0.717, 1.165) is 5.92 Å². The quantitative estimate of drug-likeness (QED) is 0.774. The van der Waals surface area contributed by atoms with Gasteiger partial charge in [0.25, 0.3) is 0 Å². The van der Waals surface area contributed by atoms with E-state index in [-0.39, 0.29) is 0 Å². The Morgan fingerprint density at radius 1 is 1.27 bits per heavy atom. The second-order valence-corrected chi connectivity index (χ2v) is 5.31. The van der Waals surface area contributed by atoms with Crippen molar-refractivity contribution in [2.75, 3.05) is 11.6 Å². The first kappa shape index (κ1) is 10.9. The Kier molecular flexibility index (Phi) is 3.57. The van der Waals surface area contributed by atoms with Crippen molar-refractivity contribution in [2.45, 2.75) is 37.1 Å². The highest BCUT2D eigenvalue weighted by molar-refractivity contribution is 7.98. The van der Waals surface area contributed by atoms with Gasteiger partial charge in [0.15, 0.2) is 0 Å². The molecule has 15 heavy (non-hydrogen) atoms. The van der Waals surface area contributed by atoms with Crippen molar-refractivity contribution in [1.29, 1.82) is 0 Å². The van der Waals surface area contributed by atoms with Crippen molar-refractivity contribution in [3.8, 4) is 0 Å². The zero-order chi connectivity index (χ0) is 10.7. The van der Waals surface area contributed by atoms with Crippen LogP contribution in [0.1, 0.15) is 26.2 Å². The van der Waals surface area contributed by atoms with Crippen molar-refractivity contribution in [1.82, 2.24) is 0 Å². The maximum atomic E-state index is 3.67. The molecule has 1 aliphatic rings. The van der Waals surface area contributed by atoms with Gasteiger partial charge in [0, 0.05) is 16.6 Å². The minimum atomic E-state index is 0.688. The second kappa shape index (κ2) is 4.93. The molecule has 1 aromatic rings. The molecule has 0 aromatic heterocycles. The van der Waals surface area contributed by atoms with Gasteiger partial charge in [0.05, 0.1) is 0 Å². The summed E-state index contributed by atoms with van der Waals surface area (Å²) >= 11 is 1.82. The molecule has 1 aromatic carbocycles. The monoisotopic (exact) mass is 221 g/mol. The second-order valence-electron chi connectivity index (χ2n) is 4.46. The lowest BCUT2D eigenvalue weighted by Gasteiger charge is -2.16. The standard InChI is InChI=1S/C13H19NS/c1-10-7-8-11(9-10)14-12-5-3-4-6-13(12)15-2/h3-6,10-11,14H,7-9H2,1-2H3/t10-,11-/m1/s1. The van der Waals surface area contributed by atoms with E-state index >= 15 is 0 Å². The third-order valence-electron chi connectivity index (χ3n) is 3.16. The summed E-state index contributed by atoms with van der Waals surface area (Å²) in [7, 11) is 0. The molecule has 1 saturated carbocycles. The maximum absolute atomic E-state index is 3.67. The van der Waals surface area contributed by atoms with E-state index in [2.05, 4.69) is 42.8 Å². The molecule has 82 valence electrons. The Morgan fingerprint density at radius 3 is 2.73 bits per heavy atom. The van der Waals surface area contributed by atoms with Gasteiger partial charge < -0.3 is 5.32 Å². The minimum absolute atomic E-state index is 0.688. The van der Waals surface area contributed by atoms with E-state index < -0.39 is 0 Å². The van der Waals surface area contributed by atoms with Crippen molar-refractivity contribution in [3.63, 3.8) is 0 Å². The number of anilines is 1. The normalized spacial score (nSPS) is 25.5. The third kappa shape index (κ3) is 2.69. The van der Waals surface area contributed by atoms with Gasteiger partial charge in [0.2, 0.25) is 0 Å². The predicted molar refractivity (Wildman–Crippen MR) is 68.6 cm³/mol. The van der Waals surface area contributed by atoms with Crippen molar-refractivity contribution in [3.05, 3.63) is 24.3 Å². The molecule has 1 aliphatic carbocycles. The first-order valence-electron chi connectivity index (χ1n) is 5.69. The molecule has 0 bridgehead atoms. The summed E-state index contributed by atoms with van der Waals surface area (Å²) < 4.78 is 0. The molecule has 2 rings (SSSR count). The van der Waals surface area contributed by atoms with Gasteiger partial charge >= 0.3 is 0 Å². The van der Waals surface area contributed by atoms with Gasteiger partial charge in [-0.3, -0.25) is 0 Å². The Bertz CT molecular complexity index is 324. The van der Waals surface area contributed by atoms with E-state index in [1.807, 2.05) is 11.8 Å². The number of hydrogen-bond donors (Lipinski definition) is 1. The molecular formula is C13H19NS. The lowest BCUT2D eigenvalue weighted by atomic mass is 10.1. The van der Waals surface area contributed by atoms with Gasteiger partial charge in [-0.1, -0.05) is 19.1 Å². The topological polar surface area (TPSA) is 12.0 Å². The molecule has 0 unspecified atom stereocenters. The smallest absolute Gasteiger partial charge is 0.0480 e. The van der Waals surface area contributed by atoms with Crippen LogP contribution in [-0.4, -0.2) is 12.3 Å². The van der Waals surface area contributed by atoms with Gasteiger partial charge in [-0.05, 0) is 43.6 Å². The molecule has 0 radical (unpaired) electrons. The van der Waals surface area contributed by atoms with Crippen LogP contribution in [0.3, 0.4) is 0 Å². The fourth-order valence-electron chi connectivity index (χ4n) is 2.32. The van der Waals surface area contributed by atoms with Crippen LogP contribution in [0.5, 0.6) is 0 Å². The third-order valence-corrected chi connectivity index (χ3v) is 3.96. The maximum Gasteiger partial charge on any atom is 0.0480 e. The van der Waals surface area contributed by atoms with E-state index in [1.54, 1.807) is 0 Å². The Balaban J connectivity index is 2.04. The molecule has 1 N–H and O–H groups in total. The molecule has 2 heteroatoms. The molecule has 1 nitrogen and oxygen atoms in total. The predicted octanol–water partition coefficient (Wildman–Crippen LogP) is 4.01. The summed E-state index contributed by atoms with van der Waals surface area (Å²) in [5, 5.41) is 3.67. The number of benzene rings is 1. The highest BCUT2D eigenvalue weighted by Gasteiger charge is 2.21. The highest BCUT2D eigenvalue weighted by atomic mass is 32.2.